The van der Waals surface area contributed by atoms with Crippen LogP contribution in [-0.2, 0) is 14.3 Å². The number of rotatable bonds is 14. The first-order chi connectivity index (χ1) is 11.2. The molecular formula is C20H36O3. The number of unbranched alkanes of at least 4 members (excludes halogenated alkanes) is 7. The van der Waals surface area contributed by atoms with Crippen LogP contribution in [0.25, 0.3) is 0 Å². The van der Waals surface area contributed by atoms with Gasteiger partial charge in [-0.25, -0.2) is 0 Å². The molecule has 1 heterocycles. The lowest BCUT2D eigenvalue weighted by Crippen LogP contribution is -2.07. The summed E-state index contributed by atoms with van der Waals surface area (Å²) < 4.78 is 4.57. The summed E-state index contributed by atoms with van der Waals surface area (Å²) in [4.78, 5) is 22.3. The van der Waals surface area contributed by atoms with Gasteiger partial charge < -0.3 is 4.74 Å². The van der Waals surface area contributed by atoms with Gasteiger partial charge in [0.25, 0.3) is 0 Å². The summed E-state index contributed by atoms with van der Waals surface area (Å²) in [6.45, 7) is 4.61. The second kappa shape index (κ2) is 12.5. The van der Waals surface area contributed by atoms with Crippen molar-refractivity contribution in [3.05, 3.63) is 0 Å². The molecule has 0 spiro atoms. The Morgan fingerprint density at radius 2 is 1.52 bits per heavy atom. The van der Waals surface area contributed by atoms with Gasteiger partial charge in [0, 0.05) is 0 Å². The maximum Gasteiger partial charge on any atom is 0.317 e. The summed E-state index contributed by atoms with van der Waals surface area (Å²) in [5.41, 5.74) is 0. The highest BCUT2D eigenvalue weighted by Gasteiger charge is 2.32. The lowest BCUT2D eigenvalue weighted by Gasteiger charge is -2.13. The van der Waals surface area contributed by atoms with Gasteiger partial charge >= 0.3 is 11.9 Å². The van der Waals surface area contributed by atoms with E-state index in [0.29, 0.717) is 6.42 Å². The van der Waals surface area contributed by atoms with E-state index in [4.69, 9.17) is 0 Å². The molecule has 0 aliphatic carbocycles. The Morgan fingerprint density at radius 1 is 0.913 bits per heavy atom. The number of hydrogen-bond acceptors (Lipinski definition) is 3. The predicted octanol–water partition coefficient (Wildman–Crippen LogP) is 5.80. The summed E-state index contributed by atoms with van der Waals surface area (Å²) in [7, 11) is 0. The smallest absolute Gasteiger partial charge is 0.317 e. The zero-order chi connectivity index (χ0) is 16.9. The molecule has 0 amide bonds. The van der Waals surface area contributed by atoms with E-state index >= 15 is 0 Å². The van der Waals surface area contributed by atoms with Gasteiger partial charge in [0.05, 0.1) is 12.3 Å². The maximum absolute atomic E-state index is 11.3. The minimum Gasteiger partial charge on any atom is -0.393 e. The van der Waals surface area contributed by atoms with Crippen molar-refractivity contribution in [3.63, 3.8) is 0 Å². The second-order valence-electron chi connectivity index (χ2n) is 7.16. The number of cyclic esters (lactones) is 2. The van der Waals surface area contributed by atoms with E-state index < -0.39 is 0 Å². The molecule has 1 saturated heterocycles. The fraction of sp³-hybridized carbons (Fsp3) is 0.900. The SMILES string of the molecule is CCCCC(CC)CCCCCCCCCC1CC(=O)OC1=O. The van der Waals surface area contributed by atoms with Crippen LogP contribution in [-0.4, -0.2) is 11.9 Å². The van der Waals surface area contributed by atoms with Gasteiger partial charge in [-0.15, -0.1) is 0 Å². The summed E-state index contributed by atoms with van der Waals surface area (Å²) in [5, 5.41) is 0. The molecule has 0 radical (unpaired) electrons. The topological polar surface area (TPSA) is 43.4 Å². The molecule has 0 saturated carbocycles. The van der Waals surface area contributed by atoms with Crippen molar-refractivity contribution in [2.75, 3.05) is 0 Å². The van der Waals surface area contributed by atoms with Crippen molar-refractivity contribution in [1.29, 1.82) is 0 Å². The Labute approximate surface area is 142 Å². The van der Waals surface area contributed by atoms with Crippen LogP contribution in [0, 0.1) is 11.8 Å². The molecule has 3 nitrogen and oxygen atoms in total. The lowest BCUT2D eigenvalue weighted by molar-refractivity contribution is -0.153. The number of hydrogen-bond donors (Lipinski definition) is 0. The zero-order valence-corrected chi connectivity index (χ0v) is 15.3. The summed E-state index contributed by atoms with van der Waals surface area (Å²) in [6, 6.07) is 0. The summed E-state index contributed by atoms with van der Waals surface area (Å²) >= 11 is 0. The molecule has 0 bridgehead atoms. The number of carbonyl (C=O) groups excluding carboxylic acids is 2. The molecule has 134 valence electrons. The molecule has 1 aliphatic rings. The number of carbonyl (C=O) groups is 2. The van der Waals surface area contributed by atoms with Crippen LogP contribution in [0.4, 0.5) is 0 Å². The third kappa shape index (κ3) is 9.12. The molecule has 0 aromatic rings. The first-order valence-electron chi connectivity index (χ1n) is 9.91. The van der Waals surface area contributed by atoms with E-state index in [0.717, 1.165) is 18.8 Å². The van der Waals surface area contributed by atoms with Crippen molar-refractivity contribution < 1.29 is 14.3 Å². The van der Waals surface area contributed by atoms with Crippen LogP contribution in [0.3, 0.4) is 0 Å². The fourth-order valence-corrected chi connectivity index (χ4v) is 3.49. The molecule has 3 heteroatoms. The van der Waals surface area contributed by atoms with Crippen LogP contribution in [0.2, 0.25) is 0 Å². The van der Waals surface area contributed by atoms with E-state index in [1.807, 2.05) is 0 Å². The average Bonchev–Trinajstić information content (AvgIpc) is 2.86. The zero-order valence-electron chi connectivity index (χ0n) is 15.3. The maximum atomic E-state index is 11.3. The highest BCUT2D eigenvalue weighted by Crippen LogP contribution is 2.23. The van der Waals surface area contributed by atoms with Crippen LogP contribution in [0.15, 0.2) is 0 Å². The van der Waals surface area contributed by atoms with Crippen molar-refractivity contribution in [2.24, 2.45) is 11.8 Å². The van der Waals surface area contributed by atoms with Crippen LogP contribution in [0.5, 0.6) is 0 Å². The lowest BCUT2D eigenvalue weighted by atomic mass is 9.93. The van der Waals surface area contributed by atoms with Gasteiger partial charge in [-0.2, -0.15) is 0 Å². The van der Waals surface area contributed by atoms with E-state index in [1.165, 1.54) is 70.6 Å². The minimum atomic E-state index is -0.343. The van der Waals surface area contributed by atoms with Crippen molar-refractivity contribution in [2.45, 2.75) is 104 Å². The Kier molecular flexibility index (Phi) is 11.0. The molecule has 1 rings (SSSR count). The third-order valence-corrected chi connectivity index (χ3v) is 5.17. The summed E-state index contributed by atoms with van der Waals surface area (Å²) in [6.07, 6.45) is 16.9. The fourth-order valence-electron chi connectivity index (χ4n) is 3.49. The van der Waals surface area contributed by atoms with Gasteiger partial charge in [-0.1, -0.05) is 90.9 Å². The first-order valence-corrected chi connectivity index (χ1v) is 9.91. The van der Waals surface area contributed by atoms with Gasteiger partial charge in [0.15, 0.2) is 0 Å². The molecule has 0 N–H and O–H groups in total. The normalized spacial score (nSPS) is 19.1. The molecule has 1 aliphatic heterocycles. The van der Waals surface area contributed by atoms with Crippen LogP contribution >= 0.6 is 0 Å². The van der Waals surface area contributed by atoms with Gasteiger partial charge in [0.1, 0.15) is 0 Å². The Hall–Kier alpha value is -0.860. The highest BCUT2D eigenvalue weighted by atomic mass is 16.6. The first kappa shape index (κ1) is 20.2. The van der Waals surface area contributed by atoms with Crippen molar-refractivity contribution >= 4 is 11.9 Å². The Morgan fingerprint density at radius 3 is 2.09 bits per heavy atom. The quantitative estimate of drug-likeness (QED) is 0.230. The molecule has 1 fully saturated rings. The standard InChI is InChI=1S/C20H36O3/c1-3-5-13-17(4-2)14-11-9-7-6-8-10-12-15-18-16-19(21)23-20(18)22/h17-18H,3-16H2,1-2H3. The molecule has 0 aromatic carbocycles. The monoisotopic (exact) mass is 324 g/mol. The largest absolute Gasteiger partial charge is 0.393 e. The van der Waals surface area contributed by atoms with E-state index in [2.05, 4.69) is 18.6 Å². The number of ether oxygens (including phenoxy) is 1. The molecule has 23 heavy (non-hydrogen) atoms. The van der Waals surface area contributed by atoms with Crippen LogP contribution in [0.1, 0.15) is 104 Å². The molecule has 0 aromatic heterocycles. The van der Waals surface area contributed by atoms with Gasteiger partial charge in [0.2, 0.25) is 0 Å². The Balaban J connectivity index is 1.88. The van der Waals surface area contributed by atoms with Gasteiger partial charge in [-0.05, 0) is 12.3 Å². The van der Waals surface area contributed by atoms with Crippen molar-refractivity contribution in [1.82, 2.24) is 0 Å². The molecule has 2 atom stereocenters. The van der Waals surface area contributed by atoms with E-state index in [1.54, 1.807) is 0 Å². The van der Waals surface area contributed by atoms with E-state index in [-0.39, 0.29) is 17.9 Å². The molecule has 2 unspecified atom stereocenters. The number of esters is 2. The average molecular weight is 325 g/mol. The highest BCUT2D eigenvalue weighted by molar-refractivity contribution is 5.94. The van der Waals surface area contributed by atoms with E-state index in [9.17, 15) is 9.59 Å². The Bertz CT molecular complexity index is 338. The second-order valence-corrected chi connectivity index (χ2v) is 7.16. The minimum absolute atomic E-state index is 0.156. The third-order valence-electron chi connectivity index (χ3n) is 5.17. The van der Waals surface area contributed by atoms with Gasteiger partial charge in [-0.3, -0.25) is 9.59 Å². The summed E-state index contributed by atoms with van der Waals surface area (Å²) in [5.74, 6) is 0.147. The predicted molar refractivity (Wildman–Crippen MR) is 94.1 cm³/mol. The van der Waals surface area contributed by atoms with Crippen molar-refractivity contribution in [3.8, 4) is 0 Å². The van der Waals surface area contributed by atoms with Crippen LogP contribution < -0.4 is 0 Å². The molecular weight excluding hydrogens is 288 g/mol.